The second kappa shape index (κ2) is 12.4. The van der Waals surface area contributed by atoms with E-state index < -0.39 is 0 Å². The third-order valence-electron chi connectivity index (χ3n) is 10.7. The lowest BCUT2D eigenvalue weighted by atomic mass is 10.0. The topological polar surface area (TPSA) is 35.6 Å². The molecule has 0 saturated heterocycles. The third kappa shape index (κ3) is 5.30. The minimum Gasteiger partial charge on any atom is -0.309 e. The van der Waals surface area contributed by atoms with E-state index in [-0.39, 0.29) is 0 Å². The monoisotopic (exact) mass is 694 g/mol. The molecule has 0 amide bonds. The highest BCUT2D eigenvalue weighted by molar-refractivity contribution is 6.11. The van der Waals surface area contributed by atoms with Crippen LogP contribution >= 0.6 is 0 Å². The van der Waals surface area contributed by atoms with Crippen LogP contribution < -0.4 is 0 Å². The molecule has 4 nitrogen and oxygen atoms in total. The van der Waals surface area contributed by atoms with Crippen molar-refractivity contribution in [3.8, 4) is 45.3 Å². The van der Waals surface area contributed by atoms with Gasteiger partial charge in [-0.2, -0.15) is 0 Å². The number of aromatic nitrogens is 4. The van der Waals surface area contributed by atoms with Crippen LogP contribution in [0.5, 0.6) is 0 Å². The summed E-state index contributed by atoms with van der Waals surface area (Å²) < 4.78 is 4.85. The summed E-state index contributed by atoms with van der Waals surface area (Å²) >= 11 is 0. The zero-order chi connectivity index (χ0) is 36.5. The molecular formula is C50H38N4. The molecule has 4 heteroatoms. The van der Waals surface area contributed by atoms with E-state index in [4.69, 9.17) is 9.97 Å². The average molecular weight is 695 g/mol. The van der Waals surface area contributed by atoms with E-state index in [0.29, 0.717) is 5.82 Å². The molecule has 0 saturated carbocycles. The molecule has 258 valence electrons. The quantitative estimate of drug-likeness (QED) is 0.180. The van der Waals surface area contributed by atoms with Crippen molar-refractivity contribution >= 4 is 43.6 Å². The van der Waals surface area contributed by atoms with E-state index >= 15 is 0 Å². The van der Waals surface area contributed by atoms with Gasteiger partial charge in [-0.3, -0.25) is 0 Å². The lowest BCUT2D eigenvalue weighted by Gasteiger charge is -2.16. The molecule has 0 radical (unpaired) electrons. The molecule has 0 N–H and O–H groups in total. The van der Waals surface area contributed by atoms with Crippen molar-refractivity contribution < 1.29 is 0 Å². The van der Waals surface area contributed by atoms with Gasteiger partial charge in [0.25, 0.3) is 0 Å². The molecule has 0 spiro atoms. The van der Waals surface area contributed by atoms with E-state index in [2.05, 4.69) is 170 Å². The Morgan fingerprint density at radius 1 is 0.333 bits per heavy atom. The fraction of sp³-hybridized carbons (Fsp3) is 0.0800. The van der Waals surface area contributed by atoms with Crippen LogP contribution in [0.1, 0.15) is 22.3 Å². The van der Waals surface area contributed by atoms with Gasteiger partial charge in [0.05, 0.1) is 33.5 Å². The maximum atomic E-state index is 5.31. The Morgan fingerprint density at radius 2 is 0.704 bits per heavy atom. The number of hydrogen-bond donors (Lipinski definition) is 0. The van der Waals surface area contributed by atoms with Crippen molar-refractivity contribution in [3.05, 3.63) is 180 Å². The summed E-state index contributed by atoms with van der Waals surface area (Å²) in [5, 5.41) is 5.01. The molecule has 3 heterocycles. The van der Waals surface area contributed by atoms with Crippen molar-refractivity contribution in [1.29, 1.82) is 0 Å². The Labute approximate surface area is 314 Å². The number of nitrogens with zero attached hydrogens (tertiary/aromatic N) is 4. The fourth-order valence-corrected chi connectivity index (χ4v) is 8.13. The van der Waals surface area contributed by atoms with Crippen LogP contribution in [0.15, 0.2) is 158 Å². The Kier molecular flexibility index (Phi) is 7.34. The van der Waals surface area contributed by atoms with Crippen LogP contribution in [-0.4, -0.2) is 19.1 Å². The first-order valence-corrected chi connectivity index (χ1v) is 18.6. The second-order valence-corrected chi connectivity index (χ2v) is 14.7. The number of aryl methyl sites for hydroxylation is 4. The number of hydrogen-bond acceptors (Lipinski definition) is 2. The molecule has 0 aliphatic heterocycles. The SMILES string of the molecule is Cc1ccc2c(c1)c1cc(C)ccc1n2-c1cc(-c2cc(-c3ccccc3)nc(-c3ccccc3)n2)cc(-n2c3ccc(C)cc3c3cc(C)ccc32)c1. The van der Waals surface area contributed by atoms with Gasteiger partial charge in [0, 0.05) is 49.6 Å². The zero-order valence-corrected chi connectivity index (χ0v) is 30.8. The first kappa shape index (κ1) is 31.9. The molecule has 54 heavy (non-hydrogen) atoms. The van der Waals surface area contributed by atoms with Crippen LogP contribution in [-0.2, 0) is 0 Å². The third-order valence-corrected chi connectivity index (χ3v) is 10.7. The first-order chi connectivity index (χ1) is 26.4. The average Bonchev–Trinajstić information content (AvgIpc) is 3.69. The van der Waals surface area contributed by atoms with Crippen LogP contribution in [0.3, 0.4) is 0 Å². The number of benzene rings is 7. The van der Waals surface area contributed by atoms with Gasteiger partial charge in [-0.25, -0.2) is 9.97 Å². The van der Waals surface area contributed by atoms with Crippen LogP contribution in [0.2, 0.25) is 0 Å². The highest BCUT2D eigenvalue weighted by Gasteiger charge is 2.19. The molecule has 0 aliphatic rings. The molecule has 10 aromatic rings. The van der Waals surface area contributed by atoms with Crippen molar-refractivity contribution in [1.82, 2.24) is 19.1 Å². The van der Waals surface area contributed by atoms with E-state index in [1.165, 1.54) is 65.9 Å². The molecule has 0 unspecified atom stereocenters. The van der Waals surface area contributed by atoms with Gasteiger partial charge in [-0.15, -0.1) is 0 Å². The van der Waals surface area contributed by atoms with E-state index in [9.17, 15) is 0 Å². The van der Waals surface area contributed by atoms with Gasteiger partial charge in [0.15, 0.2) is 5.82 Å². The van der Waals surface area contributed by atoms with Crippen molar-refractivity contribution in [2.75, 3.05) is 0 Å². The maximum absolute atomic E-state index is 5.31. The summed E-state index contributed by atoms with van der Waals surface area (Å²) in [6, 6.07) is 57.0. The molecular weight excluding hydrogens is 657 g/mol. The first-order valence-electron chi connectivity index (χ1n) is 18.6. The smallest absolute Gasteiger partial charge is 0.160 e. The lowest BCUT2D eigenvalue weighted by Crippen LogP contribution is -2.02. The van der Waals surface area contributed by atoms with Gasteiger partial charge in [-0.1, -0.05) is 107 Å². The standard InChI is InChI=1S/C50H38N4/c1-31-15-19-46-40(23-31)41-24-32(2)16-20-47(41)53(46)38-27-37(45-30-44(35-11-7-5-8-12-35)51-50(52-45)36-13-9-6-10-14-36)28-39(29-38)54-48-21-17-33(3)25-42(48)43-26-34(4)18-22-49(43)54/h5-30H,1-4H3. The summed E-state index contributed by atoms with van der Waals surface area (Å²) in [6.45, 7) is 8.69. The second-order valence-electron chi connectivity index (χ2n) is 14.7. The van der Waals surface area contributed by atoms with E-state index in [0.717, 1.165) is 39.5 Å². The molecule has 0 fully saturated rings. The van der Waals surface area contributed by atoms with Crippen molar-refractivity contribution in [2.24, 2.45) is 0 Å². The van der Waals surface area contributed by atoms with Gasteiger partial charge in [-0.05, 0) is 100 Å². The Hall–Kier alpha value is -6.78. The Bertz CT molecular complexity index is 2760. The van der Waals surface area contributed by atoms with Crippen LogP contribution in [0, 0.1) is 27.7 Å². The zero-order valence-electron chi connectivity index (χ0n) is 30.8. The summed E-state index contributed by atoms with van der Waals surface area (Å²) in [7, 11) is 0. The molecule has 3 aromatic heterocycles. The largest absolute Gasteiger partial charge is 0.309 e. The summed E-state index contributed by atoms with van der Waals surface area (Å²) in [4.78, 5) is 10.4. The maximum Gasteiger partial charge on any atom is 0.160 e. The summed E-state index contributed by atoms with van der Waals surface area (Å²) in [5.41, 5.74) is 16.6. The Balaban J connectivity index is 1.32. The minimum atomic E-state index is 0.699. The lowest BCUT2D eigenvalue weighted by molar-refractivity contribution is 1.13. The van der Waals surface area contributed by atoms with Crippen LogP contribution in [0.4, 0.5) is 0 Å². The minimum absolute atomic E-state index is 0.699. The number of rotatable bonds is 5. The highest BCUT2D eigenvalue weighted by atomic mass is 15.0. The van der Waals surface area contributed by atoms with Gasteiger partial charge in [0.1, 0.15) is 0 Å². The van der Waals surface area contributed by atoms with E-state index in [1.54, 1.807) is 0 Å². The predicted molar refractivity (Wildman–Crippen MR) is 226 cm³/mol. The summed E-state index contributed by atoms with van der Waals surface area (Å²) in [6.07, 6.45) is 0. The molecule has 0 atom stereocenters. The number of fused-ring (bicyclic) bond motifs is 6. The molecule has 10 rings (SSSR count). The van der Waals surface area contributed by atoms with Crippen LogP contribution in [0.25, 0.3) is 88.9 Å². The normalized spacial score (nSPS) is 11.7. The van der Waals surface area contributed by atoms with Crippen molar-refractivity contribution in [2.45, 2.75) is 27.7 Å². The highest BCUT2D eigenvalue weighted by Crippen LogP contribution is 2.39. The van der Waals surface area contributed by atoms with Crippen molar-refractivity contribution in [3.63, 3.8) is 0 Å². The van der Waals surface area contributed by atoms with Gasteiger partial charge < -0.3 is 9.13 Å². The predicted octanol–water partition coefficient (Wildman–Crippen LogP) is 12.9. The van der Waals surface area contributed by atoms with Gasteiger partial charge in [0.2, 0.25) is 0 Å². The Morgan fingerprint density at radius 3 is 1.11 bits per heavy atom. The van der Waals surface area contributed by atoms with E-state index in [1.807, 2.05) is 24.3 Å². The fourth-order valence-electron chi connectivity index (χ4n) is 8.13. The summed E-state index contributed by atoms with van der Waals surface area (Å²) in [5.74, 6) is 0.699. The molecule has 7 aromatic carbocycles. The van der Waals surface area contributed by atoms with Gasteiger partial charge >= 0.3 is 0 Å². The molecule has 0 bridgehead atoms. The molecule has 0 aliphatic carbocycles.